The minimum Gasteiger partial charge on any atom is -0.326 e. The quantitative estimate of drug-likeness (QED) is 0.808. The van der Waals surface area contributed by atoms with Gasteiger partial charge in [-0.3, -0.25) is 0 Å². The van der Waals surface area contributed by atoms with Crippen LogP contribution in [0.3, 0.4) is 0 Å². The van der Waals surface area contributed by atoms with Gasteiger partial charge in [0.05, 0.1) is 0 Å². The van der Waals surface area contributed by atoms with Crippen LogP contribution in [0.2, 0.25) is 0 Å². The third-order valence-electron chi connectivity index (χ3n) is 4.73. The zero-order chi connectivity index (χ0) is 12.4. The SMILES string of the molecule is CC1CCC(N)C(N(C)CC2CCN(C)C2)C1. The van der Waals surface area contributed by atoms with Crippen LogP contribution in [0.15, 0.2) is 0 Å². The van der Waals surface area contributed by atoms with E-state index in [0.29, 0.717) is 12.1 Å². The number of rotatable bonds is 3. The van der Waals surface area contributed by atoms with Crippen molar-refractivity contribution in [3.8, 4) is 0 Å². The Morgan fingerprint density at radius 2 is 2.06 bits per heavy atom. The smallest absolute Gasteiger partial charge is 0.0246 e. The summed E-state index contributed by atoms with van der Waals surface area (Å²) in [6.45, 7) is 6.14. The molecule has 0 amide bonds. The molecule has 2 N–H and O–H groups in total. The van der Waals surface area contributed by atoms with Crippen LogP contribution in [0.25, 0.3) is 0 Å². The van der Waals surface area contributed by atoms with E-state index in [1.165, 1.54) is 45.3 Å². The fourth-order valence-corrected chi connectivity index (χ4v) is 3.60. The van der Waals surface area contributed by atoms with Gasteiger partial charge >= 0.3 is 0 Å². The van der Waals surface area contributed by atoms with Crippen molar-refractivity contribution in [1.82, 2.24) is 9.80 Å². The summed E-state index contributed by atoms with van der Waals surface area (Å²) in [6, 6.07) is 1.01. The van der Waals surface area contributed by atoms with Crippen molar-refractivity contribution in [3.63, 3.8) is 0 Å². The second-order valence-corrected chi connectivity index (χ2v) is 6.51. The van der Waals surface area contributed by atoms with Crippen molar-refractivity contribution in [2.45, 2.75) is 44.7 Å². The van der Waals surface area contributed by atoms with Crippen molar-refractivity contribution >= 4 is 0 Å². The lowest BCUT2D eigenvalue weighted by atomic mass is 9.83. The Labute approximate surface area is 106 Å². The van der Waals surface area contributed by atoms with Crippen LogP contribution in [0.4, 0.5) is 0 Å². The molecular formula is C14H29N3. The van der Waals surface area contributed by atoms with E-state index >= 15 is 0 Å². The molecule has 3 nitrogen and oxygen atoms in total. The second kappa shape index (κ2) is 5.68. The number of nitrogens with two attached hydrogens (primary N) is 1. The lowest BCUT2D eigenvalue weighted by molar-refractivity contribution is 0.126. The average Bonchev–Trinajstić information content (AvgIpc) is 2.67. The summed E-state index contributed by atoms with van der Waals surface area (Å²) < 4.78 is 0. The van der Waals surface area contributed by atoms with Crippen LogP contribution in [0.5, 0.6) is 0 Å². The highest BCUT2D eigenvalue weighted by Crippen LogP contribution is 2.27. The maximum absolute atomic E-state index is 6.29. The molecule has 4 atom stereocenters. The summed E-state index contributed by atoms with van der Waals surface area (Å²) in [5.41, 5.74) is 6.29. The molecule has 1 aliphatic carbocycles. The number of likely N-dealkylation sites (tertiary alicyclic amines) is 1. The van der Waals surface area contributed by atoms with Gasteiger partial charge in [0.2, 0.25) is 0 Å². The van der Waals surface area contributed by atoms with E-state index in [1.807, 2.05) is 0 Å². The first-order chi connectivity index (χ1) is 8.06. The molecule has 0 radical (unpaired) electrons. The number of likely N-dealkylation sites (N-methyl/N-ethyl adjacent to an activating group) is 1. The van der Waals surface area contributed by atoms with E-state index in [0.717, 1.165) is 11.8 Å². The third-order valence-corrected chi connectivity index (χ3v) is 4.73. The van der Waals surface area contributed by atoms with Gasteiger partial charge in [-0.2, -0.15) is 0 Å². The maximum Gasteiger partial charge on any atom is 0.0246 e. The topological polar surface area (TPSA) is 32.5 Å². The van der Waals surface area contributed by atoms with E-state index in [1.54, 1.807) is 0 Å². The van der Waals surface area contributed by atoms with E-state index in [4.69, 9.17) is 5.73 Å². The van der Waals surface area contributed by atoms with Crippen LogP contribution in [0.1, 0.15) is 32.6 Å². The van der Waals surface area contributed by atoms with Crippen molar-refractivity contribution in [2.24, 2.45) is 17.6 Å². The minimum atomic E-state index is 0.398. The first-order valence-electron chi connectivity index (χ1n) is 7.20. The van der Waals surface area contributed by atoms with Gasteiger partial charge in [-0.1, -0.05) is 6.92 Å². The lowest BCUT2D eigenvalue weighted by Gasteiger charge is -2.39. The van der Waals surface area contributed by atoms with E-state index in [9.17, 15) is 0 Å². The second-order valence-electron chi connectivity index (χ2n) is 6.51. The highest BCUT2D eigenvalue weighted by atomic mass is 15.2. The largest absolute Gasteiger partial charge is 0.326 e. The van der Waals surface area contributed by atoms with Gasteiger partial charge in [-0.25, -0.2) is 0 Å². The van der Waals surface area contributed by atoms with Gasteiger partial charge in [0.15, 0.2) is 0 Å². The molecule has 0 aromatic carbocycles. The summed E-state index contributed by atoms with van der Waals surface area (Å²) in [4.78, 5) is 4.99. The summed E-state index contributed by atoms with van der Waals surface area (Å²) >= 11 is 0. The Hall–Kier alpha value is -0.120. The predicted octanol–water partition coefficient (Wildman–Crippen LogP) is 1.39. The molecule has 0 spiro atoms. The number of hydrogen-bond donors (Lipinski definition) is 1. The molecule has 0 bridgehead atoms. The van der Waals surface area contributed by atoms with Crippen LogP contribution in [-0.2, 0) is 0 Å². The first kappa shape index (κ1) is 13.3. The van der Waals surface area contributed by atoms with Crippen LogP contribution in [-0.4, -0.2) is 55.6 Å². The van der Waals surface area contributed by atoms with E-state index < -0.39 is 0 Å². The van der Waals surface area contributed by atoms with Gasteiger partial charge < -0.3 is 15.5 Å². The molecule has 1 aliphatic heterocycles. The zero-order valence-electron chi connectivity index (χ0n) is 11.7. The van der Waals surface area contributed by atoms with Crippen LogP contribution in [0, 0.1) is 11.8 Å². The molecular weight excluding hydrogens is 210 g/mol. The van der Waals surface area contributed by atoms with Gasteiger partial charge in [0, 0.05) is 25.2 Å². The monoisotopic (exact) mass is 239 g/mol. The molecule has 1 heterocycles. The molecule has 17 heavy (non-hydrogen) atoms. The summed E-state index contributed by atoms with van der Waals surface area (Å²) in [5, 5.41) is 0. The Bertz CT molecular complexity index is 244. The van der Waals surface area contributed by atoms with Gasteiger partial charge in [0.1, 0.15) is 0 Å². The van der Waals surface area contributed by atoms with Crippen molar-refractivity contribution in [3.05, 3.63) is 0 Å². The molecule has 1 saturated heterocycles. The summed E-state index contributed by atoms with van der Waals surface area (Å²) in [5.74, 6) is 1.71. The van der Waals surface area contributed by atoms with Gasteiger partial charge in [-0.05, 0) is 58.2 Å². The fraction of sp³-hybridized carbons (Fsp3) is 1.00. The Morgan fingerprint density at radius 1 is 1.29 bits per heavy atom. The molecule has 1 saturated carbocycles. The molecule has 4 unspecified atom stereocenters. The standard InChI is InChI=1S/C14H29N3/c1-11-4-5-13(15)14(8-11)17(3)10-12-6-7-16(2)9-12/h11-14H,4-10,15H2,1-3H3. The fourth-order valence-electron chi connectivity index (χ4n) is 3.60. The van der Waals surface area contributed by atoms with Crippen molar-refractivity contribution < 1.29 is 0 Å². The third kappa shape index (κ3) is 3.43. The van der Waals surface area contributed by atoms with Gasteiger partial charge in [-0.15, -0.1) is 0 Å². The maximum atomic E-state index is 6.29. The first-order valence-corrected chi connectivity index (χ1v) is 7.20. The highest BCUT2D eigenvalue weighted by molar-refractivity contribution is 4.88. The number of hydrogen-bond acceptors (Lipinski definition) is 3. The number of nitrogens with zero attached hydrogens (tertiary/aromatic N) is 2. The molecule has 0 aromatic heterocycles. The van der Waals surface area contributed by atoms with E-state index in [2.05, 4.69) is 30.8 Å². The highest BCUT2D eigenvalue weighted by Gasteiger charge is 2.31. The Kier molecular flexibility index (Phi) is 4.45. The van der Waals surface area contributed by atoms with Crippen molar-refractivity contribution in [1.29, 1.82) is 0 Å². The van der Waals surface area contributed by atoms with Crippen LogP contribution >= 0.6 is 0 Å². The molecule has 3 heteroatoms. The minimum absolute atomic E-state index is 0.398. The molecule has 2 fully saturated rings. The Balaban J connectivity index is 1.83. The molecule has 2 rings (SSSR count). The molecule has 0 aromatic rings. The van der Waals surface area contributed by atoms with Crippen LogP contribution < -0.4 is 5.73 Å². The Morgan fingerprint density at radius 3 is 2.71 bits per heavy atom. The summed E-state index contributed by atoms with van der Waals surface area (Å²) in [6.07, 6.45) is 5.18. The average molecular weight is 239 g/mol. The normalized spacial score (nSPS) is 40.1. The molecule has 2 aliphatic rings. The summed E-state index contributed by atoms with van der Waals surface area (Å²) in [7, 11) is 4.51. The predicted molar refractivity (Wildman–Crippen MR) is 73.0 cm³/mol. The van der Waals surface area contributed by atoms with E-state index in [-0.39, 0.29) is 0 Å². The van der Waals surface area contributed by atoms with Gasteiger partial charge in [0.25, 0.3) is 0 Å². The molecule has 100 valence electrons. The zero-order valence-corrected chi connectivity index (χ0v) is 11.7. The lowest BCUT2D eigenvalue weighted by Crippen LogP contribution is -2.50. The van der Waals surface area contributed by atoms with Crippen molar-refractivity contribution in [2.75, 3.05) is 33.7 Å².